The summed E-state index contributed by atoms with van der Waals surface area (Å²) in [6.45, 7) is 0. The Morgan fingerprint density at radius 1 is 0.818 bits per heavy atom. The highest BCUT2D eigenvalue weighted by molar-refractivity contribution is 7.97. The van der Waals surface area contributed by atoms with Crippen LogP contribution in [0.2, 0.25) is 0 Å². The Kier molecular flexibility index (Phi) is 10.0. The molecule has 0 radical (unpaired) electrons. The van der Waals surface area contributed by atoms with Crippen LogP contribution in [-0.2, 0) is 25.8 Å². The lowest BCUT2D eigenvalue weighted by molar-refractivity contribution is -0.382. The molecule has 0 N–H and O–H groups in total. The molecule has 1 unspecified atom stereocenters. The molecule has 2 rings (SSSR count). The van der Waals surface area contributed by atoms with Crippen LogP contribution in [0.15, 0.2) is 0 Å². The molecule has 0 amide bonds. The molecule has 4 nitrogen and oxygen atoms in total. The van der Waals surface area contributed by atoms with Crippen molar-refractivity contribution in [3.05, 3.63) is 0 Å². The van der Waals surface area contributed by atoms with Gasteiger partial charge in [0, 0.05) is 5.92 Å². The summed E-state index contributed by atoms with van der Waals surface area (Å²) in [5.74, 6) is -12.9. The molecule has 1 atom stereocenters. The summed E-state index contributed by atoms with van der Waals surface area (Å²) >= 11 is 0. The Bertz CT molecular complexity index is 757. The minimum Gasteiger partial charge on any atom is -0.743 e. The van der Waals surface area contributed by atoms with Crippen LogP contribution in [0.3, 0.4) is 0 Å². The molecule has 0 saturated heterocycles. The van der Waals surface area contributed by atoms with Crippen LogP contribution in [0.1, 0.15) is 57.8 Å². The van der Waals surface area contributed by atoms with Crippen molar-refractivity contribution in [3.8, 4) is 0 Å². The van der Waals surface area contributed by atoms with Crippen molar-refractivity contribution >= 4 is 26.8 Å². The lowest BCUT2D eigenvalue weighted by Crippen LogP contribution is -2.63. The van der Waals surface area contributed by atoms with Gasteiger partial charge in [0.1, 0.15) is 5.25 Å². The zero-order valence-electron chi connectivity index (χ0n) is 17.6. The van der Waals surface area contributed by atoms with E-state index in [0.29, 0.717) is 22.6 Å². The zero-order valence-corrected chi connectivity index (χ0v) is 19.2. The van der Waals surface area contributed by atoms with Gasteiger partial charge >= 0.3 is 23.3 Å². The van der Waals surface area contributed by atoms with E-state index in [-0.39, 0.29) is 0 Å². The van der Waals surface area contributed by atoms with Gasteiger partial charge in [-0.05, 0) is 49.4 Å². The van der Waals surface area contributed by atoms with Crippen molar-refractivity contribution in [1.29, 1.82) is 0 Å². The fourth-order valence-corrected chi connectivity index (χ4v) is 6.19. The maximum atomic E-state index is 12.2. The summed E-state index contributed by atoms with van der Waals surface area (Å²) < 4.78 is 135. The predicted octanol–water partition coefficient (Wildman–Crippen LogP) is 5.28. The van der Waals surface area contributed by atoms with Crippen molar-refractivity contribution < 1.29 is 57.3 Å². The first-order valence-corrected chi connectivity index (χ1v) is 13.3. The molecule has 0 bridgehead atoms. The SMILES string of the molecule is C[S+](CC(=O)C1CCCC1)C1CCCCC1.O=S(=O)([O-])C(F)(F)C(F)(F)C(F)(F)C(F)(F)F. The Hall–Kier alpha value is -0.700. The van der Waals surface area contributed by atoms with Crippen molar-refractivity contribution in [3.63, 3.8) is 0 Å². The van der Waals surface area contributed by atoms with Crippen LogP contribution in [0.5, 0.6) is 0 Å². The van der Waals surface area contributed by atoms with E-state index in [2.05, 4.69) is 6.26 Å². The van der Waals surface area contributed by atoms with Gasteiger partial charge in [-0.2, -0.15) is 39.5 Å². The van der Waals surface area contributed by atoms with Gasteiger partial charge < -0.3 is 4.55 Å². The number of carbonyl (C=O) groups excluding carboxylic acids is 1. The maximum Gasteiger partial charge on any atom is 0.460 e. The monoisotopic (exact) mass is 540 g/mol. The summed E-state index contributed by atoms with van der Waals surface area (Å²) in [4.78, 5) is 12.1. The summed E-state index contributed by atoms with van der Waals surface area (Å²) in [5, 5.41) is -6.24. The predicted molar refractivity (Wildman–Crippen MR) is 103 cm³/mol. The number of Topliss-reactive ketones (excluding diaryl/α,β-unsaturated/α-hetero) is 1. The van der Waals surface area contributed by atoms with E-state index in [0.717, 1.165) is 11.0 Å². The quantitative estimate of drug-likeness (QED) is 0.250. The average molecular weight is 541 g/mol. The van der Waals surface area contributed by atoms with Gasteiger partial charge in [-0.3, -0.25) is 4.79 Å². The fourth-order valence-electron chi connectivity index (χ4n) is 3.69. The lowest BCUT2D eigenvalue weighted by atomic mass is 10.0. The van der Waals surface area contributed by atoms with Crippen molar-refractivity contribution in [1.82, 2.24) is 0 Å². The van der Waals surface area contributed by atoms with Crippen LogP contribution in [-0.4, -0.2) is 59.3 Å². The molecule has 196 valence electrons. The normalized spacial score (nSPS) is 20.8. The standard InChI is InChI=1S/C14H25OS.C4HF9O3S/c1-16(13-9-3-2-4-10-13)11-14(15)12-7-5-6-8-12;5-1(6,3(9,10)11)2(7,8)4(12,13)17(14,15)16/h12-13H,2-11H2,1H3;(H,14,15,16)/q+1;/p-1. The highest BCUT2D eigenvalue weighted by Crippen LogP contribution is 2.54. The van der Waals surface area contributed by atoms with Crippen molar-refractivity contribution in [2.24, 2.45) is 5.92 Å². The minimum absolute atomic E-state index is 0.368. The molecule has 15 heteroatoms. The second-order valence-electron chi connectivity index (χ2n) is 8.16. The fraction of sp³-hybridized carbons (Fsp3) is 0.944. The largest absolute Gasteiger partial charge is 0.743 e. The number of carbonyl (C=O) groups is 1. The second kappa shape index (κ2) is 10.9. The average Bonchev–Trinajstić information content (AvgIpc) is 3.22. The molecule has 2 aliphatic carbocycles. The number of hydrogen-bond acceptors (Lipinski definition) is 4. The summed E-state index contributed by atoms with van der Waals surface area (Å²) in [7, 11) is -7.05. The van der Waals surface area contributed by atoms with Gasteiger partial charge in [-0.15, -0.1) is 0 Å². The van der Waals surface area contributed by atoms with Gasteiger partial charge in [0.05, 0.1) is 6.26 Å². The molecule has 0 heterocycles. The third-order valence-corrected chi connectivity index (χ3v) is 8.97. The topological polar surface area (TPSA) is 74.3 Å². The molecule has 2 saturated carbocycles. The second-order valence-corrected chi connectivity index (χ2v) is 11.9. The molecule has 0 aliphatic heterocycles. The van der Waals surface area contributed by atoms with Crippen molar-refractivity contribution in [2.75, 3.05) is 12.0 Å². The molecular formula is C18H25F9O4S2. The molecule has 0 spiro atoms. The molecule has 0 aromatic heterocycles. The Morgan fingerprint density at radius 3 is 1.64 bits per heavy atom. The van der Waals surface area contributed by atoms with E-state index in [1.165, 1.54) is 57.8 Å². The van der Waals surface area contributed by atoms with E-state index in [9.17, 15) is 57.3 Å². The van der Waals surface area contributed by atoms with Crippen LogP contribution in [0.4, 0.5) is 39.5 Å². The van der Waals surface area contributed by atoms with Crippen LogP contribution in [0, 0.1) is 5.92 Å². The zero-order chi connectivity index (χ0) is 25.9. The Balaban J connectivity index is 0.000000330. The van der Waals surface area contributed by atoms with E-state index in [1.54, 1.807) is 0 Å². The smallest absolute Gasteiger partial charge is 0.460 e. The van der Waals surface area contributed by atoms with E-state index < -0.39 is 33.4 Å². The molecule has 0 aromatic rings. The summed E-state index contributed by atoms with van der Waals surface area (Å²) in [5.41, 5.74) is 0. The van der Waals surface area contributed by atoms with Gasteiger partial charge in [0.2, 0.25) is 0 Å². The minimum atomic E-state index is -7.43. The lowest BCUT2D eigenvalue weighted by Gasteiger charge is -2.34. The summed E-state index contributed by atoms with van der Waals surface area (Å²) in [6.07, 6.45) is 7.11. The maximum absolute atomic E-state index is 12.2. The van der Waals surface area contributed by atoms with Gasteiger partial charge in [0.25, 0.3) is 0 Å². The Labute approximate surface area is 188 Å². The molecule has 33 heavy (non-hydrogen) atoms. The molecular weight excluding hydrogens is 515 g/mol. The first-order valence-electron chi connectivity index (χ1n) is 10.1. The molecule has 2 aliphatic rings. The van der Waals surface area contributed by atoms with E-state index in [1.807, 2.05) is 0 Å². The highest BCUT2D eigenvalue weighted by Gasteiger charge is 2.83. The number of rotatable bonds is 7. The van der Waals surface area contributed by atoms with E-state index in [4.69, 9.17) is 0 Å². The third kappa shape index (κ3) is 6.92. The highest BCUT2D eigenvalue weighted by atomic mass is 32.2. The van der Waals surface area contributed by atoms with Crippen LogP contribution >= 0.6 is 0 Å². The number of halogens is 9. The van der Waals surface area contributed by atoms with Crippen molar-refractivity contribution in [2.45, 2.75) is 86.3 Å². The van der Waals surface area contributed by atoms with Crippen LogP contribution < -0.4 is 0 Å². The van der Waals surface area contributed by atoms with E-state index >= 15 is 0 Å². The molecule has 2 fully saturated rings. The van der Waals surface area contributed by atoms with Crippen LogP contribution in [0.25, 0.3) is 0 Å². The third-order valence-electron chi connectivity index (χ3n) is 5.73. The first-order chi connectivity index (χ1) is 14.8. The number of hydrogen-bond donors (Lipinski definition) is 0. The Morgan fingerprint density at radius 2 is 1.24 bits per heavy atom. The number of ketones is 1. The van der Waals surface area contributed by atoms with Gasteiger partial charge in [-0.1, -0.05) is 19.3 Å². The van der Waals surface area contributed by atoms with Gasteiger partial charge in [-0.25, -0.2) is 8.42 Å². The number of alkyl halides is 9. The summed E-state index contributed by atoms with van der Waals surface area (Å²) in [6, 6.07) is 0. The molecule has 0 aromatic carbocycles. The first kappa shape index (κ1) is 30.3. The van der Waals surface area contributed by atoms with Gasteiger partial charge in [0.15, 0.2) is 21.7 Å².